The van der Waals surface area contributed by atoms with E-state index in [1.165, 1.54) is 30.5 Å². The van der Waals surface area contributed by atoms with Crippen LogP contribution in [0.3, 0.4) is 0 Å². The highest BCUT2D eigenvalue weighted by atomic mass is 35.5. The third-order valence-corrected chi connectivity index (χ3v) is 6.02. The van der Waals surface area contributed by atoms with Crippen LogP contribution in [0.2, 0.25) is 5.02 Å². The van der Waals surface area contributed by atoms with E-state index in [2.05, 4.69) is 20.3 Å². The van der Waals surface area contributed by atoms with Crippen molar-refractivity contribution >= 4 is 55.6 Å². The third-order valence-electron chi connectivity index (χ3n) is 4.40. The standard InChI is InChI=1S/C22H17ClN4O3S/c23-15-6-11-19-20(12-13-24-21(19)14-15)27-31(29,30)18-9-7-17(8-10-18)26-22(28)25-16-4-2-1-3-5-16/h1-14H,(H,24,27)(H2,25,26,28). The van der Waals surface area contributed by atoms with Gasteiger partial charge in [0.25, 0.3) is 10.0 Å². The first kappa shape index (κ1) is 20.6. The number of hydrogen-bond acceptors (Lipinski definition) is 4. The molecule has 0 aliphatic carbocycles. The molecule has 0 spiro atoms. The van der Waals surface area contributed by atoms with Crippen LogP contribution in [0.15, 0.2) is 90.0 Å². The Bertz CT molecular complexity index is 1340. The largest absolute Gasteiger partial charge is 0.323 e. The summed E-state index contributed by atoms with van der Waals surface area (Å²) in [5.41, 5.74) is 2.08. The zero-order valence-electron chi connectivity index (χ0n) is 16.0. The minimum Gasteiger partial charge on any atom is -0.308 e. The second-order valence-corrected chi connectivity index (χ2v) is 8.71. The monoisotopic (exact) mass is 452 g/mol. The lowest BCUT2D eigenvalue weighted by Gasteiger charge is -2.12. The Morgan fingerprint density at radius 3 is 2.23 bits per heavy atom. The van der Waals surface area contributed by atoms with Crippen molar-refractivity contribution < 1.29 is 13.2 Å². The number of amides is 2. The summed E-state index contributed by atoms with van der Waals surface area (Å²) in [5, 5.41) is 6.50. The maximum Gasteiger partial charge on any atom is 0.323 e. The summed E-state index contributed by atoms with van der Waals surface area (Å²) in [4.78, 5) is 16.4. The number of anilines is 3. The Labute approximate surface area is 184 Å². The molecule has 0 bridgehead atoms. The summed E-state index contributed by atoms with van der Waals surface area (Å²) in [6, 6.07) is 21.1. The van der Waals surface area contributed by atoms with E-state index in [-0.39, 0.29) is 4.90 Å². The predicted octanol–water partition coefficient (Wildman–Crippen LogP) is 5.33. The SMILES string of the molecule is O=C(Nc1ccccc1)Nc1ccc(S(=O)(=O)Nc2ccnc3cc(Cl)ccc23)cc1. The summed E-state index contributed by atoms with van der Waals surface area (Å²) in [7, 11) is -3.85. The van der Waals surface area contributed by atoms with Crippen molar-refractivity contribution in [2.75, 3.05) is 15.4 Å². The summed E-state index contributed by atoms with van der Waals surface area (Å²) < 4.78 is 28.2. The van der Waals surface area contributed by atoms with E-state index < -0.39 is 16.1 Å². The third kappa shape index (κ3) is 4.93. The van der Waals surface area contributed by atoms with E-state index in [1.54, 1.807) is 36.4 Å². The van der Waals surface area contributed by atoms with Gasteiger partial charge in [0.2, 0.25) is 0 Å². The molecule has 156 valence electrons. The molecule has 9 heteroatoms. The van der Waals surface area contributed by atoms with Crippen molar-refractivity contribution in [2.45, 2.75) is 4.90 Å². The molecule has 1 aromatic heterocycles. The number of nitrogens with zero attached hydrogens (tertiary/aromatic N) is 1. The quantitative estimate of drug-likeness (QED) is 0.381. The molecule has 0 radical (unpaired) electrons. The predicted molar refractivity (Wildman–Crippen MR) is 123 cm³/mol. The van der Waals surface area contributed by atoms with Crippen molar-refractivity contribution in [1.82, 2.24) is 4.98 Å². The first-order chi connectivity index (χ1) is 14.9. The van der Waals surface area contributed by atoms with Gasteiger partial charge in [-0.05, 0) is 60.7 Å². The van der Waals surface area contributed by atoms with E-state index >= 15 is 0 Å². The highest BCUT2D eigenvalue weighted by Crippen LogP contribution is 2.27. The summed E-state index contributed by atoms with van der Waals surface area (Å²) in [5.74, 6) is 0. The number of benzene rings is 3. The van der Waals surface area contributed by atoms with E-state index in [4.69, 9.17) is 11.6 Å². The molecule has 3 aromatic carbocycles. The molecule has 1 heterocycles. The number of halogens is 1. The Kier molecular flexibility index (Phi) is 5.75. The number of carbonyl (C=O) groups excluding carboxylic acids is 1. The number of para-hydroxylation sites is 1. The number of carbonyl (C=O) groups is 1. The van der Waals surface area contributed by atoms with Crippen LogP contribution in [0.5, 0.6) is 0 Å². The Morgan fingerprint density at radius 2 is 1.52 bits per heavy atom. The molecule has 0 saturated heterocycles. The van der Waals surface area contributed by atoms with Gasteiger partial charge in [-0.3, -0.25) is 9.71 Å². The van der Waals surface area contributed by atoms with Gasteiger partial charge in [0.1, 0.15) is 0 Å². The lowest BCUT2D eigenvalue weighted by molar-refractivity contribution is 0.262. The minimum atomic E-state index is -3.85. The maximum atomic E-state index is 12.8. The number of fused-ring (bicyclic) bond motifs is 1. The second-order valence-electron chi connectivity index (χ2n) is 6.60. The van der Waals surface area contributed by atoms with Gasteiger partial charge in [-0.25, -0.2) is 13.2 Å². The number of hydrogen-bond donors (Lipinski definition) is 3. The fourth-order valence-electron chi connectivity index (χ4n) is 2.95. The van der Waals surface area contributed by atoms with Gasteiger partial charge < -0.3 is 10.6 Å². The lowest BCUT2D eigenvalue weighted by atomic mass is 10.2. The molecular formula is C22H17ClN4O3S. The number of nitrogens with one attached hydrogen (secondary N) is 3. The molecular weight excluding hydrogens is 436 g/mol. The Hall–Kier alpha value is -3.62. The van der Waals surface area contributed by atoms with Gasteiger partial charge in [0.15, 0.2) is 0 Å². The lowest BCUT2D eigenvalue weighted by Crippen LogP contribution is -2.19. The summed E-state index contributed by atoms with van der Waals surface area (Å²) >= 11 is 5.98. The molecule has 0 fully saturated rings. The fraction of sp³-hybridized carbons (Fsp3) is 0. The molecule has 0 saturated carbocycles. The Morgan fingerprint density at radius 1 is 0.839 bits per heavy atom. The number of rotatable bonds is 5. The van der Waals surface area contributed by atoms with Crippen LogP contribution in [0.1, 0.15) is 0 Å². The first-order valence-corrected chi connectivity index (χ1v) is 11.1. The van der Waals surface area contributed by atoms with Crippen LogP contribution in [0.4, 0.5) is 21.9 Å². The summed E-state index contributed by atoms with van der Waals surface area (Å²) in [6.45, 7) is 0. The Balaban J connectivity index is 1.49. The van der Waals surface area contributed by atoms with Crippen molar-refractivity contribution in [3.8, 4) is 0 Å². The number of urea groups is 1. The van der Waals surface area contributed by atoms with Gasteiger partial charge in [-0.2, -0.15) is 0 Å². The molecule has 7 nitrogen and oxygen atoms in total. The topological polar surface area (TPSA) is 100 Å². The van der Waals surface area contributed by atoms with Crippen LogP contribution in [-0.2, 0) is 10.0 Å². The molecule has 4 rings (SSSR count). The number of sulfonamides is 1. The highest BCUT2D eigenvalue weighted by Gasteiger charge is 2.16. The fourth-order valence-corrected chi connectivity index (χ4v) is 4.19. The van der Waals surface area contributed by atoms with Gasteiger partial charge in [-0.15, -0.1) is 0 Å². The summed E-state index contributed by atoms with van der Waals surface area (Å²) in [6.07, 6.45) is 1.51. The van der Waals surface area contributed by atoms with Crippen LogP contribution in [-0.4, -0.2) is 19.4 Å². The average Bonchev–Trinajstić information content (AvgIpc) is 2.74. The number of aromatic nitrogens is 1. The molecule has 0 unspecified atom stereocenters. The van der Waals surface area contributed by atoms with Crippen LogP contribution >= 0.6 is 11.6 Å². The zero-order chi connectivity index (χ0) is 21.8. The van der Waals surface area contributed by atoms with Crippen molar-refractivity contribution in [3.05, 3.63) is 90.1 Å². The normalized spacial score (nSPS) is 11.1. The van der Waals surface area contributed by atoms with Gasteiger partial charge >= 0.3 is 6.03 Å². The van der Waals surface area contributed by atoms with E-state index in [0.29, 0.717) is 33.0 Å². The molecule has 0 aliphatic heterocycles. The zero-order valence-corrected chi connectivity index (χ0v) is 17.6. The molecule has 0 atom stereocenters. The van der Waals surface area contributed by atoms with E-state index in [1.807, 2.05) is 18.2 Å². The van der Waals surface area contributed by atoms with E-state index in [9.17, 15) is 13.2 Å². The molecule has 3 N–H and O–H groups in total. The van der Waals surface area contributed by atoms with Gasteiger partial charge in [-0.1, -0.05) is 29.8 Å². The minimum absolute atomic E-state index is 0.0560. The number of pyridine rings is 1. The van der Waals surface area contributed by atoms with Gasteiger partial charge in [0.05, 0.1) is 16.1 Å². The van der Waals surface area contributed by atoms with Crippen molar-refractivity contribution in [2.24, 2.45) is 0 Å². The molecule has 2 amide bonds. The smallest absolute Gasteiger partial charge is 0.308 e. The highest BCUT2D eigenvalue weighted by molar-refractivity contribution is 7.92. The molecule has 31 heavy (non-hydrogen) atoms. The molecule has 0 aliphatic rings. The maximum absolute atomic E-state index is 12.8. The van der Waals surface area contributed by atoms with Gasteiger partial charge in [0, 0.05) is 28.0 Å². The van der Waals surface area contributed by atoms with Crippen LogP contribution in [0.25, 0.3) is 10.9 Å². The van der Waals surface area contributed by atoms with Crippen molar-refractivity contribution in [1.29, 1.82) is 0 Å². The van der Waals surface area contributed by atoms with Crippen molar-refractivity contribution in [3.63, 3.8) is 0 Å². The van der Waals surface area contributed by atoms with E-state index in [0.717, 1.165) is 0 Å². The van der Waals surface area contributed by atoms with Crippen LogP contribution < -0.4 is 15.4 Å². The second kappa shape index (κ2) is 8.63. The first-order valence-electron chi connectivity index (χ1n) is 9.21. The van der Waals surface area contributed by atoms with Crippen LogP contribution in [0, 0.1) is 0 Å². The average molecular weight is 453 g/mol. The molecule has 4 aromatic rings.